The molecule has 0 aliphatic heterocycles. The van der Waals surface area contributed by atoms with Crippen LogP contribution in [-0.4, -0.2) is 48.4 Å². The SMILES string of the molecule is CC(C)OC(=O)c1ccc(-c2ccc(/C=N\NC(=O)C(=O)N/N=C/c3ccc(-c4ccc(C(=O)OC(C)C)cc4)o3)o2)cc1. The highest BCUT2D eigenvalue weighted by Gasteiger charge is 2.14. The molecular weight excluding hydrogens is 568 g/mol. The van der Waals surface area contributed by atoms with Crippen LogP contribution in [0, 0.1) is 0 Å². The van der Waals surface area contributed by atoms with E-state index < -0.39 is 23.8 Å². The molecule has 226 valence electrons. The summed E-state index contributed by atoms with van der Waals surface area (Å²) in [4.78, 5) is 48.1. The molecule has 2 aromatic heterocycles. The quantitative estimate of drug-likeness (QED) is 0.112. The van der Waals surface area contributed by atoms with Crippen LogP contribution in [0.25, 0.3) is 22.6 Å². The van der Waals surface area contributed by atoms with Crippen molar-refractivity contribution in [2.75, 3.05) is 0 Å². The van der Waals surface area contributed by atoms with E-state index in [1.807, 2.05) is 0 Å². The number of nitrogens with one attached hydrogen (secondary N) is 2. The van der Waals surface area contributed by atoms with Crippen LogP contribution in [0.15, 0.2) is 91.8 Å². The van der Waals surface area contributed by atoms with Gasteiger partial charge in [0.25, 0.3) is 0 Å². The van der Waals surface area contributed by atoms with Crippen LogP contribution < -0.4 is 10.9 Å². The molecule has 4 rings (SSSR count). The highest BCUT2D eigenvalue weighted by Crippen LogP contribution is 2.23. The van der Waals surface area contributed by atoms with Crippen molar-refractivity contribution in [3.63, 3.8) is 0 Å². The molecule has 0 bridgehead atoms. The summed E-state index contributed by atoms with van der Waals surface area (Å²) in [5.74, 6) is -1.26. The fourth-order valence-electron chi connectivity index (χ4n) is 3.67. The number of carbonyl (C=O) groups is 4. The maximum atomic E-state index is 12.0. The van der Waals surface area contributed by atoms with E-state index >= 15 is 0 Å². The molecule has 2 heterocycles. The molecule has 44 heavy (non-hydrogen) atoms. The van der Waals surface area contributed by atoms with Crippen molar-refractivity contribution in [2.24, 2.45) is 10.2 Å². The summed E-state index contributed by atoms with van der Waals surface area (Å²) >= 11 is 0. The van der Waals surface area contributed by atoms with E-state index in [0.29, 0.717) is 34.2 Å². The molecule has 0 spiro atoms. The second-order valence-electron chi connectivity index (χ2n) is 9.87. The molecular formula is C32H30N4O8. The van der Waals surface area contributed by atoms with Crippen LogP contribution >= 0.6 is 0 Å². The highest BCUT2D eigenvalue weighted by molar-refractivity contribution is 6.35. The minimum absolute atomic E-state index is 0.217. The molecule has 0 unspecified atom stereocenters. The number of hydrazone groups is 2. The zero-order valence-electron chi connectivity index (χ0n) is 24.4. The average Bonchev–Trinajstić information content (AvgIpc) is 3.67. The maximum absolute atomic E-state index is 12.0. The summed E-state index contributed by atoms with van der Waals surface area (Å²) in [5, 5.41) is 7.46. The minimum atomic E-state index is -1.05. The third-order valence-corrected chi connectivity index (χ3v) is 5.67. The van der Waals surface area contributed by atoms with Gasteiger partial charge in [-0.15, -0.1) is 0 Å². The summed E-state index contributed by atoms with van der Waals surface area (Å²) in [7, 11) is 0. The lowest BCUT2D eigenvalue weighted by Gasteiger charge is -2.07. The summed E-state index contributed by atoms with van der Waals surface area (Å²) in [5.41, 5.74) is 6.46. The van der Waals surface area contributed by atoms with Gasteiger partial charge in [0.2, 0.25) is 0 Å². The maximum Gasteiger partial charge on any atom is 0.338 e. The van der Waals surface area contributed by atoms with E-state index in [1.165, 1.54) is 12.4 Å². The van der Waals surface area contributed by atoms with Crippen LogP contribution in [0.4, 0.5) is 0 Å². The molecule has 2 amide bonds. The molecule has 2 N–H and O–H groups in total. The summed E-state index contributed by atoms with van der Waals surface area (Å²) in [6.45, 7) is 7.10. The second-order valence-corrected chi connectivity index (χ2v) is 9.87. The summed E-state index contributed by atoms with van der Waals surface area (Å²) in [6, 6.07) is 20.1. The first-order valence-corrected chi connectivity index (χ1v) is 13.6. The molecule has 0 aliphatic carbocycles. The number of rotatable bonds is 10. The molecule has 0 fully saturated rings. The Morgan fingerprint density at radius 1 is 0.591 bits per heavy atom. The Bertz CT molecular complexity index is 1550. The number of hydrogen-bond donors (Lipinski definition) is 2. The summed E-state index contributed by atoms with van der Waals surface area (Å²) in [6.07, 6.45) is 2.03. The average molecular weight is 599 g/mol. The van der Waals surface area contributed by atoms with Crippen molar-refractivity contribution < 1.29 is 37.5 Å². The Hall–Kier alpha value is -5.78. The van der Waals surface area contributed by atoms with Crippen molar-refractivity contribution in [3.8, 4) is 22.6 Å². The van der Waals surface area contributed by atoms with Crippen molar-refractivity contribution in [3.05, 3.63) is 95.4 Å². The van der Waals surface area contributed by atoms with Gasteiger partial charge in [-0.05, 0) is 76.2 Å². The zero-order chi connectivity index (χ0) is 31.6. The molecule has 0 aliphatic rings. The van der Waals surface area contributed by atoms with E-state index in [9.17, 15) is 19.2 Å². The van der Waals surface area contributed by atoms with Gasteiger partial charge < -0.3 is 18.3 Å². The van der Waals surface area contributed by atoms with Crippen LogP contribution in [0.2, 0.25) is 0 Å². The lowest BCUT2D eigenvalue weighted by molar-refractivity contribution is -0.139. The molecule has 4 aromatic rings. The normalized spacial score (nSPS) is 11.3. The van der Waals surface area contributed by atoms with Crippen molar-refractivity contribution in [2.45, 2.75) is 39.9 Å². The second kappa shape index (κ2) is 14.4. The number of carbonyl (C=O) groups excluding carboxylic acids is 4. The lowest BCUT2D eigenvalue weighted by Crippen LogP contribution is -2.35. The van der Waals surface area contributed by atoms with Crippen molar-refractivity contribution in [1.29, 1.82) is 0 Å². The first kappa shape index (κ1) is 31.2. The van der Waals surface area contributed by atoms with E-state index in [2.05, 4.69) is 21.1 Å². The number of amides is 2. The van der Waals surface area contributed by atoms with E-state index in [0.717, 1.165) is 11.1 Å². The van der Waals surface area contributed by atoms with Crippen molar-refractivity contribution >= 4 is 36.2 Å². The first-order valence-electron chi connectivity index (χ1n) is 13.6. The minimum Gasteiger partial charge on any atom is -0.459 e. The molecule has 12 nitrogen and oxygen atoms in total. The van der Waals surface area contributed by atoms with E-state index in [1.54, 1.807) is 100 Å². The highest BCUT2D eigenvalue weighted by atomic mass is 16.5. The van der Waals surface area contributed by atoms with Crippen LogP contribution in [0.1, 0.15) is 59.9 Å². The predicted molar refractivity (Wildman–Crippen MR) is 161 cm³/mol. The monoisotopic (exact) mass is 598 g/mol. The number of esters is 2. The standard InChI is InChI=1S/C32H30N4O8/c1-19(2)41-31(39)23-9-5-21(6-10-23)27-15-13-25(43-27)17-33-35-29(37)30(38)36-34-18-26-14-16-28(44-26)22-7-11-24(12-8-22)32(40)42-20(3)4/h5-20H,1-4H3,(H,35,37)(H,36,38)/b33-17-,34-18+. The molecule has 0 atom stereocenters. The van der Waals surface area contributed by atoms with Gasteiger partial charge in [0.05, 0.1) is 35.8 Å². The predicted octanol–water partition coefficient (Wildman–Crippen LogP) is 4.94. The number of furan rings is 2. The first-order chi connectivity index (χ1) is 21.1. The molecule has 0 saturated carbocycles. The van der Waals surface area contributed by atoms with Gasteiger partial charge in [0.15, 0.2) is 0 Å². The van der Waals surface area contributed by atoms with Gasteiger partial charge in [0, 0.05) is 11.1 Å². The fraction of sp³-hybridized carbons (Fsp3) is 0.188. The molecule has 0 radical (unpaired) electrons. The van der Waals surface area contributed by atoms with E-state index in [4.69, 9.17) is 18.3 Å². The number of ether oxygens (including phenoxy) is 2. The van der Waals surface area contributed by atoms with E-state index in [-0.39, 0.29) is 12.2 Å². The largest absolute Gasteiger partial charge is 0.459 e. The molecule has 2 aromatic carbocycles. The Morgan fingerprint density at radius 3 is 1.30 bits per heavy atom. The third kappa shape index (κ3) is 8.61. The molecule has 0 saturated heterocycles. The van der Waals surface area contributed by atoms with Crippen LogP contribution in [0.5, 0.6) is 0 Å². The number of hydrogen-bond acceptors (Lipinski definition) is 10. The van der Waals surface area contributed by atoms with Crippen LogP contribution in [-0.2, 0) is 19.1 Å². The zero-order valence-corrected chi connectivity index (χ0v) is 24.4. The van der Waals surface area contributed by atoms with Crippen LogP contribution in [0.3, 0.4) is 0 Å². The Kier molecular flexibility index (Phi) is 10.2. The van der Waals surface area contributed by atoms with Gasteiger partial charge in [0.1, 0.15) is 23.0 Å². The fourth-order valence-corrected chi connectivity index (χ4v) is 3.67. The number of nitrogens with zero attached hydrogens (tertiary/aromatic N) is 2. The summed E-state index contributed by atoms with van der Waals surface area (Å²) < 4.78 is 21.7. The van der Waals surface area contributed by atoms with Crippen molar-refractivity contribution in [1.82, 2.24) is 10.9 Å². The van der Waals surface area contributed by atoms with Gasteiger partial charge in [-0.2, -0.15) is 10.2 Å². The Labute approximate surface area is 252 Å². The van der Waals surface area contributed by atoms with Gasteiger partial charge >= 0.3 is 23.8 Å². The van der Waals surface area contributed by atoms with Gasteiger partial charge in [-0.1, -0.05) is 24.3 Å². The number of benzene rings is 2. The topological polar surface area (TPSA) is 162 Å². The van der Waals surface area contributed by atoms with Gasteiger partial charge in [-0.25, -0.2) is 20.4 Å². The van der Waals surface area contributed by atoms with Gasteiger partial charge in [-0.3, -0.25) is 9.59 Å². The lowest BCUT2D eigenvalue weighted by atomic mass is 10.1. The Balaban J connectivity index is 1.24. The Morgan fingerprint density at radius 2 is 0.955 bits per heavy atom. The molecule has 12 heteroatoms. The third-order valence-electron chi connectivity index (χ3n) is 5.67. The smallest absolute Gasteiger partial charge is 0.338 e.